The highest BCUT2D eigenvalue weighted by atomic mass is 16.6. The molecule has 0 aromatic heterocycles. The highest BCUT2D eigenvalue weighted by Gasteiger charge is 2.22. The number of nitrogens with zero attached hydrogens (tertiary/aromatic N) is 1. The average Bonchev–Trinajstić information content (AvgIpc) is 2.96. The number of esters is 1. The molecule has 0 fully saturated rings. The van der Waals surface area contributed by atoms with Crippen LogP contribution in [0.15, 0.2) is 29.4 Å². The van der Waals surface area contributed by atoms with Crippen molar-refractivity contribution in [1.29, 1.82) is 0 Å². The van der Waals surface area contributed by atoms with Crippen LogP contribution in [-0.2, 0) is 9.57 Å². The van der Waals surface area contributed by atoms with Crippen molar-refractivity contribution in [2.45, 2.75) is 45.1 Å². The molecule has 1 aliphatic heterocycles. The average molecular weight is 275 g/mol. The fraction of sp³-hybridized carbons (Fsp3) is 0.500. The predicted molar refractivity (Wildman–Crippen MR) is 77.8 cm³/mol. The first-order chi connectivity index (χ1) is 9.74. The van der Waals surface area contributed by atoms with E-state index in [1.54, 1.807) is 12.1 Å². The molecule has 1 atom stereocenters. The highest BCUT2D eigenvalue weighted by Crippen LogP contribution is 2.29. The maximum absolute atomic E-state index is 11.4. The van der Waals surface area contributed by atoms with Crippen LogP contribution < -0.4 is 0 Å². The zero-order chi connectivity index (χ0) is 14.4. The summed E-state index contributed by atoms with van der Waals surface area (Å²) in [5.41, 5.74) is 2.74. The minimum Gasteiger partial charge on any atom is -0.465 e. The van der Waals surface area contributed by atoms with Crippen LogP contribution in [0.4, 0.5) is 0 Å². The second-order valence-electron chi connectivity index (χ2n) is 5.03. The fourth-order valence-electron chi connectivity index (χ4n) is 2.28. The van der Waals surface area contributed by atoms with Crippen molar-refractivity contribution in [3.63, 3.8) is 0 Å². The summed E-state index contributed by atoms with van der Waals surface area (Å²) in [4.78, 5) is 16.8. The predicted octanol–water partition coefficient (Wildman–Crippen LogP) is 3.87. The number of oxime groups is 1. The van der Waals surface area contributed by atoms with Crippen LogP contribution in [0.1, 0.15) is 61.1 Å². The normalized spacial score (nSPS) is 17.5. The van der Waals surface area contributed by atoms with E-state index in [-0.39, 0.29) is 12.1 Å². The van der Waals surface area contributed by atoms with E-state index in [0.29, 0.717) is 5.56 Å². The van der Waals surface area contributed by atoms with E-state index < -0.39 is 0 Å². The highest BCUT2D eigenvalue weighted by molar-refractivity contribution is 5.89. The van der Waals surface area contributed by atoms with Gasteiger partial charge in [0.2, 0.25) is 0 Å². The third-order valence-electron chi connectivity index (χ3n) is 3.50. The fourth-order valence-corrected chi connectivity index (χ4v) is 2.28. The summed E-state index contributed by atoms with van der Waals surface area (Å²) < 4.78 is 4.68. The van der Waals surface area contributed by atoms with Crippen molar-refractivity contribution in [2.75, 3.05) is 7.11 Å². The van der Waals surface area contributed by atoms with Gasteiger partial charge in [-0.25, -0.2) is 4.79 Å². The van der Waals surface area contributed by atoms with Crippen LogP contribution >= 0.6 is 0 Å². The van der Waals surface area contributed by atoms with Crippen LogP contribution in [0.2, 0.25) is 0 Å². The van der Waals surface area contributed by atoms with Gasteiger partial charge in [-0.2, -0.15) is 0 Å². The van der Waals surface area contributed by atoms with Gasteiger partial charge in [0.15, 0.2) is 6.10 Å². The van der Waals surface area contributed by atoms with Crippen molar-refractivity contribution in [3.05, 3.63) is 35.4 Å². The Hall–Kier alpha value is -1.84. The van der Waals surface area contributed by atoms with E-state index in [2.05, 4.69) is 16.8 Å². The molecule has 108 valence electrons. The van der Waals surface area contributed by atoms with Crippen LogP contribution in [0.25, 0.3) is 0 Å². The smallest absolute Gasteiger partial charge is 0.337 e. The largest absolute Gasteiger partial charge is 0.465 e. The van der Waals surface area contributed by atoms with Crippen LogP contribution in [0, 0.1) is 0 Å². The lowest BCUT2D eigenvalue weighted by Gasteiger charge is -2.09. The van der Waals surface area contributed by atoms with Crippen molar-refractivity contribution in [2.24, 2.45) is 5.16 Å². The maximum Gasteiger partial charge on any atom is 0.337 e. The summed E-state index contributed by atoms with van der Waals surface area (Å²) in [5, 5.41) is 4.16. The topological polar surface area (TPSA) is 47.9 Å². The van der Waals surface area contributed by atoms with Gasteiger partial charge in [0.1, 0.15) is 0 Å². The molecular weight excluding hydrogens is 254 g/mol. The molecule has 4 nitrogen and oxygen atoms in total. The number of carbonyl (C=O) groups is 1. The van der Waals surface area contributed by atoms with Gasteiger partial charge in [-0.15, -0.1) is 0 Å². The van der Waals surface area contributed by atoms with Gasteiger partial charge < -0.3 is 9.57 Å². The molecule has 4 heteroatoms. The molecule has 1 aliphatic rings. The Morgan fingerprint density at radius 3 is 2.75 bits per heavy atom. The lowest BCUT2D eigenvalue weighted by atomic mass is 10.0. The molecule has 0 N–H and O–H groups in total. The van der Waals surface area contributed by atoms with E-state index >= 15 is 0 Å². The number of hydrogen-bond acceptors (Lipinski definition) is 4. The Morgan fingerprint density at radius 1 is 1.35 bits per heavy atom. The number of methoxy groups -OCH3 is 1. The standard InChI is InChI=1S/C16H21NO3/c1-3-4-5-6-14-11-15(20-17-14)12-7-9-13(10-8-12)16(18)19-2/h7-10,15H,3-6,11H2,1-2H3/t15-/m0/s1. The van der Waals surface area contributed by atoms with Crippen LogP contribution in [0.5, 0.6) is 0 Å². The summed E-state index contributed by atoms with van der Waals surface area (Å²) in [6.45, 7) is 2.19. The summed E-state index contributed by atoms with van der Waals surface area (Å²) in [7, 11) is 1.38. The Labute approximate surface area is 119 Å². The molecule has 0 saturated heterocycles. The summed E-state index contributed by atoms with van der Waals surface area (Å²) in [6.07, 6.45) is 5.47. The molecule has 20 heavy (non-hydrogen) atoms. The van der Waals surface area contributed by atoms with Crippen LogP contribution in [0.3, 0.4) is 0 Å². The van der Waals surface area contributed by atoms with Gasteiger partial charge in [-0.1, -0.05) is 37.1 Å². The minimum atomic E-state index is -0.319. The summed E-state index contributed by atoms with van der Waals surface area (Å²) in [5.74, 6) is -0.319. The number of ether oxygens (including phenoxy) is 1. The molecule has 0 saturated carbocycles. The first-order valence-corrected chi connectivity index (χ1v) is 7.14. The molecule has 1 heterocycles. The van der Waals surface area contributed by atoms with E-state index in [9.17, 15) is 4.79 Å². The molecule has 0 amide bonds. The van der Waals surface area contributed by atoms with E-state index in [4.69, 9.17) is 4.84 Å². The summed E-state index contributed by atoms with van der Waals surface area (Å²) >= 11 is 0. The molecule has 0 radical (unpaired) electrons. The lowest BCUT2D eigenvalue weighted by molar-refractivity contribution is 0.0600. The minimum absolute atomic E-state index is 0.0154. The third kappa shape index (κ3) is 3.59. The molecule has 1 aromatic rings. The number of hydrogen-bond donors (Lipinski definition) is 0. The monoisotopic (exact) mass is 275 g/mol. The van der Waals surface area contributed by atoms with E-state index in [1.165, 1.54) is 26.4 Å². The van der Waals surface area contributed by atoms with Gasteiger partial charge >= 0.3 is 5.97 Å². The molecule has 2 rings (SSSR count). The van der Waals surface area contributed by atoms with E-state index in [0.717, 1.165) is 24.1 Å². The maximum atomic E-state index is 11.4. The van der Waals surface area contributed by atoms with Gasteiger partial charge in [0, 0.05) is 6.42 Å². The number of unbranched alkanes of at least 4 members (excludes halogenated alkanes) is 2. The zero-order valence-electron chi connectivity index (χ0n) is 12.1. The second-order valence-corrected chi connectivity index (χ2v) is 5.03. The molecule has 0 aliphatic carbocycles. The van der Waals surface area contributed by atoms with Gasteiger partial charge in [-0.05, 0) is 30.5 Å². The Bertz CT molecular complexity index is 479. The number of rotatable bonds is 6. The van der Waals surface area contributed by atoms with Crippen molar-refractivity contribution in [3.8, 4) is 0 Å². The van der Waals surface area contributed by atoms with Gasteiger partial charge in [0.05, 0.1) is 18.4 Å². The van der Waals surface area contributed by atoms with Crippen molar-refractivity contribution < 1.29 is 14.4 Å². The first-order valence-electron chi connectivity index (χ1n) is 7.14. The lowest BCUT2D eigenvalue weighted by Crippen LogP contribution is -2.03. The van der Waals surface area contributed by atoms with E-state index in [1.807, 2.05) is 12.1 Å². The van der Waals surface area contributed by atoms with Crippen molar-refractivity contribution in [1.82, 2.24) is 0 Å². The first kappa shape index (κ1) is 14.6. The zero-order valence-corrected chi connectivity index (χ0v) is 12.1. The molecular formula is C16H21NO3. The Balaban J connectivity index is 1.89. The molecule has 1 aromatic carbocycles. The van der Waals surface area contributed by atoms with Crippen LogP contribution in [-0.4, -0.2) is 18.8 Å². The van der Waals surface area contributed by atoms with Gasteiger partial charge in [0.25, 0.3) is 0 Å². The molecule has 0 spiro atoms. The Morgan fingerprint density at radius 2 is 2.10 bits per heavy atom. The molecule has 0 unspecified atom stereocenters. The quantitative estimate of drug-likeness (QED) is 0.585. The SMILES string of the molecule is CCCCCC1=NO[C@H](c2ccc(C(=O)OC)cc2)C1. The molecule has 0 bridgehead atoms. The second kappa shape index (κ2) is 7.08. The van der Waals surface area contributed by atoms with Crippen molar-refractivity contribution >= 4 is 11.7 Å². The summed E-state index contributed by atoms with van der Waals surface area (Å²) in [6, 6.07) is 7.34. The Kier molecular flexibility index (Phi) is 5.16. The van der Waals surface area contributed by atoms with Gasteiger partial charge in [-0.3, -0.25) is 0 Å². The number of carbonyl (C=O) groups excluding carboxylic acids is 1. The number of benzene rings is 1. The third-order valence-corrected chi connectivity index (χ3v) is 3.50.